The molecule has 0 radical (unpaired) electrons. The molecular weight excluding hydrogens is 522 g/mol. The zero-order valence-electron chi connectivity index (χ0n) is 21.5. The molecule has 2 aliphatic carbocycles. The first-order valence-electron chi connectivity index (χ1n) is 13.5. The summed E-state index contributed by atoms with van der Waals surface area (Å²) in [6.07, 6.45) is -2.02. The number of benzene rings is 2. The predicted molar refractivity (Wildman–Crippen MR) is 133 cm³/mol. The molecule has 2 saturated carbocycles. The summed E-state index contributed by atoms with van der Waals surface area (Å²) in [6.45, 7) is 0. The molecule has 2 fully saturated rings. The number of hydrogen-bond donors (Lipinski definition) is 0. The Hall–Kier alpha value is -2.84. The second-order valence-electron chi connectivity index (χ2n) is 10.8. The van der Waals surface area contributed by atoms with Crippen LogP contribution in [0.25, 0.3) is 0 Å². The molecule has 0 bridgehead atoms. The predicted octanol–water partition coefficient (Wildman–Crippen LogP) is 9.14. The van der Waals surface area contributed by atoms with Crippen LogP contribution in [0.4, 0.5) is 26.3 Å². The number of halogens is 6. The van der Waals surface area contributed by atoms with E-state index in [1.54, 1.807) is 0 Å². The molecule has 2 atom stereocenters. The summed E-state index contributed by atoms with van der Waals surface area (Å²) < 4.78 is 88.0. The van der Waals surface area contributed by atoms with Crippen molar-refractivity contribution in [3.63, 3.8) is 0 Å². The Labute approximate surface area is 223 Å². The molecule has 3 nitrogen and oxygen atoms in total. The van der Waals surface area contributed by atoms with Gasteiger partial charge < -0.3 is 4.74 Å². The summed E-state index contributed by atoms with van der Waals surface area (Å²) in [6, 6.07) is 9.77. The lowest BCUT2D eigenvalue weighted by Gasteiger charge is -2.32. The van der Waals surface area contributed by atoms with Gasteiger partial charge in [-0.2, -0.15) is 26.3 Å². The second-order valence-corrected chi connectivity index (χ2v) is 10.8. The highest BCUT2D eigenvalue weighted by molar-refractivity contribution is 6.02. The molecule has 0 saturated heterocycles. The first-order chi connectivity index (χ1) is 18.4. The third-order valence-corrected chi connectivity index (χ3v) is 8.14. The summed E-state index contributed by atoms with van der Waals surface area (Å²) >= 11 is 0. The summed E-state index contributed by atoms with van der Waals surface area (Å²) in [5.41, 5.74) is -0.0689. The molecule has 2 aliphatic rings. The van der Waals surface area contributed by atoms with Gasteiger partial charge in [0.05, 0.1) is 23.0 Å². The van der Waals surface area contributed by atoms with Gasteiger partial charge in [-0.3, -0.25) is 0 Å². The van der Waals surface area contributed by atoms with Crippen molar-refractivity contribution in [3.8, 4) is 0 Å². The van der Waals surface area contributed by atoms with E-state index in [1.807, 2.05) is 0 Å². The van der Waals surface area contributed by atoms with Crippen molar-refractivity contribution < 1.29 is 40.7 Å². The van der Waals surface area contributed by atoms with Gasteiger partial charge in [0.2, 0.25) is 0 Å². The van der Waals surface area contributed by atoms with Crippen molar-refractivity contribution in [2.45, 2.75) is 88.4 Å². The zero-order valence-corrected chi connectivity index (χ0v) is 21.5. The molecule has 0 N–H and O–H groups in total. The molecule has 2 aromatic rings. The molecule has 2 aromatic carbocycles. The monoisotopic (exact) mass is 554 g/mol. The maximum atomic E-state index is 13.9. The van der Waals surface area contributed by atoms with Crippen LogP contribution in [0.15, 0.2) is 48.5 Å². The first kappa shape index (κ1) is 29.2. The molecule has 0 aliphatic heterocycles. The molecule has 0 amide bonds. The fourth-order valence-corrected chi connectivity index (χ4v) is 6.25. The molecule has 39 heavy (non-hydrogen) atoms. The van der Waals surface area contributed by atoms with Crippen molar-refractivity contribution in [2.75, 3.05) is 0 Å². The summed E-state index contributed by atoms with van der Waals surface area (Å²) in [7, 11) is 0. The summed E-state index contributed by atoms with van der Waals surface area (Å²) in [4.78, 5) is 25.0. The highest BCUT2D eigenvalue weighted by Gasteiger charge is 2.46. The lowest BCUT2D eigenvalue weighted by Crippen LogP contribution is -2.29. The standard InChI is InChI=1S/C30H32F6O3/c31-29(32,33)25(19-7-3-1-4-8-19)21-11-15-23(16-12-21)27(37)39-28(38)24-17-13-22(14-18-24)26(30(34,35)36)20-9-5-2-6-10-20/h11-20,25-26H,1-10H2. The molecule has 212 valence electrons. The van der Waals surface area contributed by atoms with E-state index < -0.39 is 48.0 Å². The Balaban J connectivity index is 1.43. The van der Waals surface area contributed by atoms with Crippen LogP contribution in [0.3, 0.4) is 0 Å². The SMILES string of the molecule is O=C(OC(=O)c1ccc(C(C2CCCCC2)C(F)(F)F)cc1)c1ccc(C(C2CCCCC2)C(F)(F)F)cc1. The molecule has 0 heterocycles. The van der Waals surface area contributed by atoms with Gasteiger partial charge in [-0.05, 0) is 72.9 Å². The van der Waals surface area contributed by atoms with Crippen LogP contribution >= 0.6 is 0 Å². The van der Waals surface area contributed by atoms with Crippen LogP contribution in [-0.2, 0) is 4.74 Å². The highest BCUT2D eigenvalue weighted by atomic mass is 19.4. The molecule has 0 spiro atoms. The number of carbonyl (C=O) groups excluding carboxylic acids is 2. The third-order valence-electron chi connectivity index (χ3n) is 8.14. The topological polar surface area (TPSA) is 43.4 Å². The Kier molecular flexibility index (Phi) is 9.07. The van der Waals surface area contributed by atoms with E-state index in [9.17, 15) is 35.9 Å². The number of alkyl halides is 6. The largest absolute Gasteiger partial charge is 0.396 e. The lowest BCUT2D eigenvalue weighted by atomic mass is 9.76. The average molecular weight is 555 g/mol. The van der Waals surface area contributed by atoms with Gasteiger partial charge in [0, 0.05) is 0 Å². The normalized spacial score (nSPS) is 19.3. The smallest absolute Gasteiger partial charge is 0.386 e. The second kappa shape index (κ2) is 12.1. The molecule has 2 unspecified atom stereocenters. The maximum absolute atomic E-state index is 13.9. The van der Waals surface area contributed by atoms with Gasteiger partial charge in [-0.1, -0.05) is 62.8 Å². The number of hydrogen-bond acceptors (Lipinski definition) is 3. The Bertz CT molecular complexity index is 1020. The molecular formula is C30H32F6O3. The molecule has 0 aromatic heterocycles. The average Bonchev–Trinajstić information content (AvgIpc) is 2.89. The van der Waals surface area contributed by atoms with Gasteiger partial charge in [0.25, 0.3) is 0 Å². The van der Waals surface area contributed by atoms with E-state index >= 15 is 0 Å². The van der Waals surface area contributed by atoms with E-state index in [-0.39, 0.29) is 22.3 Å². The fourth-order valence-electron chi connectivity index (χ4n) is 6.25. The van der Waals surface area contributed by atoms with Gasteiger partial charge in [-0.25, -0.2) is 9.59 Å². The quantitative estimate of drug-likeness (QED) is 0.203. The van der Waals surface area contributed by atoms with Crippen LogP contribution in [-0.4, -0.2) is 24.3 Å². The van der Waals surface area contributed by atoms with E-state index in [2.05, 4.69) is 0 Å². The summed E-state index contributed by atoms with van der Waals surface area (Å²) in [5, 5.41) is 0. The van der Waals surface area contributed by atoms with Crippen LogP contribution < -0.4 is 0 Å². The van der Waals surface area contributed by atoms with Crippen LogP contribution in [0.2, 0.25) is 0 Å². The van der Waals surface area contributed by atoms with Crippen molar-refractivity contribution in [1.82, 2.24) is 0 Å². The fraction of sp³-hybridized carbons (Fsp3) is 0.533. The van der Waals surface area contributed by atoms with E-state index in [0.717, 1.165) is 38.5 Å². The minimum absolute atomic E-state index is 0.0602. The highest BCUT2D eigenvalue weighted by Crippen LogP contribution is 2.47. The number of esters is 2. The minimum Gasteiger partial charge on any atom is -0.386 e. The van der Waals surface area contributed by atoms with Crippen LogP contribution in [0, 0.1) is 11.8 Å². The Morgan fingerprint density at radius 3 is 1.15 bits per heavy atom. The maximum Gasteiger partial charge on any atom is 0.396 e. The molecule has 9 heteroatoms. The number of carbonyl (C=O) groups is 2. The van der Waals surface area contributed by atoms with Crippen molar-refractivity contribution in [3.05, 3.63) is 70.8 Å². The van der Waals surface area contributed by atoms with Gasteiger partial charge >= 0.3 is 24.3 Å². The minimum atomic E-state index is -4.42. The zero-order chi connectivity index (χ0) is 28.2. The Morgan fingerprint density at radius 1 is 0.564 bits per heavy atom. The Morgan fingerprint density at radius 2 is 0.872 bits per heavy atom. The van der Waals surface area contributed by atoms with Crippen LogP contribution in [0.5, 0.6) is 0 Å². The summed E-state index contributed by atoms with van der Waals surface area (Å²) in [5.74, 6) is -6.39. The van der Waals surface area contributed by atoms with Crippen molar-refractivity contribution in [1.29, 1.82) is 0 Å². The van der Waals surface area contributed by atoms with E-state index in [0.29, 0.717) is 25.7 Å². The van der Waals surface area contributed by atoms with Gasteiger partial charge in [-0.15, -0.1) is 0 Å². The first-order valence-corrected chi connectivity index (χ1v) is 13.5. The van der Waals surface area contributed by atoms with E-state index in [1.165, 1.54) is 48.5 Å². The van der Waals surface area contributed by atoms with Crippen LogP contribution in [0.1, 0.15) is 108 Å². The number of ether oxygens (including phenoxy) is 1. The lowest BCUT2D eigenvalue weighted by molar-refractivity contribution is -0.165. The van der Waals surface area contributed by atoms with E-state index in [4.69, 9.17) is 4.74 Å². The van der Waals surface area contributed by atoms with Crippen molar-refractivity contribution >= 4 is 11.9 Å². The van der Waals surface area contributed by atoms with Gasteiger partial charge in [0.15, 0.2) is 0 Å². The number of rotatable bonds is 6. The molecule has 4 rings (SSSR count). The van der Waals surface area contributed by atoms with Gasteiger partial charge in [0.1, 0.15) is 0 Å². The third kappa shape index (κ3) is 7.22. The van der Waals surface area contributed by atoms with Crippen molar-refractivity contribution in [2.24, 2.45) is 11.8 Å².